The van der Waals surface area contributed by atoms with Crippen molar-refractivity contribution in [3.8, 4) is 5.75 Å². The molecule has 0 saturated carbocycles. The van der Waals surface area contributed by atoms with Crippen LogP contribution in [0.1, 0.15) is 27.3 Å². The van der Waals surface area contributed by atoms with Crippen molar-refractivity contribution in [2.75, 3.05) is 6.61 Å². The van der Waals surface area contributed by atoms with Crippen molar-refractivity contribution in [2.45, 2.75) is 19.4 Å². The average Bonchev–Trinajstić information content (AvgIpc) is 3.51. The fourth-order valence-electron chi connectivity index (χ4n) is 3.73. The number of tetrazole rings is 1. The monoisotopic (exact) mass is 471 g/mol. The van der Waals surface area contributed by atoms with Crippen molar-refractivity contribution in [2.24, 2.45) is 0 Å². The lowest BCUT2D eigenvalue weighted by Gasteiger charge is -2.08. The molecule has 0 bridgehead atoms. The SMILES string of the molecule is O=C(c1ccccc1)c1ccc2c(c1)sc(=O)n2CCOc1ccc(CCc2nn[nH]n2)cc1. The van der Waals surface area contributed by atoms with Gasteiger partial charge < -0.3 is 4.74 Å². The van der Waals surface area contributed by atoms with Crippen LogP contribution in [0.2, 0.25) is 0 Å². The molecule has 0 amide bonds. The van der Waals surface area contributed by atoms with Gasteiger partial charge in [0.2, 0.25) is 0 Å². The number of rotatable bonds is 9. The number of carbonyl (C=O) groups excluding carboxylic acids is 1. The minimum atomic E-state index is -0.0697. The molecule has 34 heavy (non-hydrogen) atoms. The first-order valence-corrected chi connectivity index (χ1v) is 11.7. The molecule has 0 unspecified atom stereocenters. The van der Waals surface area contributed by atoms with E-state index in [1.54, 1.807) is 28.8 Å². The van der Waals surface area contributed by atoms with Gasteiger partial charge in [0, 0.05) is 17.5 Å². The third-order valence-electron chi connectivity index (χ3n) is 5.50. The number of nitrogens with one attached hydrogen (secondary N) is 1. The van der Waals surface area contributed by atoms with E-state index in [1.165, 1.54) is 0 Å². The predicted octanol–water partition coefficient (Wildman–Crippen LogP) is 3.67. The van der Waals surface area contributed by atoms with E-state index in [1.807, 2.05) is 48.5 Å². The van der Waals surface area contributed by atoms with E-state index < -0.39 is 0 Å². The number of aryl methyl sites for hydroxylation is 2. The summed E-state index contributed by atoms with van der Waals surface area (Å²) < 4.78 is 8.34. The lowest BCUT2D eigenvalue weighted by Crippen LogP contribution is -2.17. The molecule has 0 aliphatic rings. The van der Waals surface area contributed by atoms with Crippen LogP contribution in [-0.2, 0) is 19.4 Å². The van der Waals surface area contributed by atoms with E-state index in [0.717, 1.165) is 39.3 Å². The molecule has 1 N–H and O–H groups in total. The van der Waals surface area contributed by atoms with Gasteiger partial charge in [-0.25, -0.2) is 0 Å². The van der Waals surface area contributed by atoms with Crippen LogP contribution in [0.25, 0.3) is 10.2 Å². The van der Waals surface area contributed by atoms with E-state index in [2.05, 4.69) is 20.6 Å². The van der Waals surface area contributed by atoms with Crippen LogP contribution in [0, 0.1) is 0 Å². The van der Waals surface area contributed by atoms with E-state index >= 15 is 0 Å². The first kappa shape index (κ1) is 21.7. The van der Waals surface area contributed by atoms with Gasteiger partial charge in [-0.1, -0.05) is 59.0 Å². The maximum Gasteiger partial charge on any atom is 0.308 e. The third kappa shape index (κ3) is 4.79. The highest BCUT2D eigenvalue weighted by Crippen LogP contribution is 2.21. The van der Waals surface area contributed by atoms with Gasteiger partial charge >= 0.3 is 4.87 Å². The van der Waals surface area contributed by atoms with Crippen LogP contribution in [0.5, 0.6) is 5.75 Å². The number of carbonyl (C=O) groups is 1. The molecular weight excluding hydrogens is 450 g/mol. The molecule has 170 valence electrons. The lowest BCUT2D eigenvalue weighted by molar-refractivity contribution is 0.103. The topological polar surface area (TPSA) is 103 Å². The first-order valence-electron chi connectivity index (χ1n) is 10.8. The van der Waals surface area contributed by atoms with E-state index in [4.69, 9.17) is 4.74 Å². The summed E-state index contributed by atoms with van der Waals surface area (Å²) in [6.45, 7) is 0.781. The Bertz CT molecular complexity index is 1460. The molecule has 2 heterocycles. The molecule has 0 saturated heterocycles. The summed E-state index contributed by atoms with van der Waals surface area (Å²) in [7, 11) is 0. The predicted molar refractivity (Wildman–Crippen MR) is 129 cm³/mol. The quantitative estimate of drug-likeness (QED) is 0.329. The van der Waals surface area contributed by atoms with Crippen molar-refractivity contribution in [3.63, 3.8) is 0 Å². The second-order valence-corrected chi connectivity index (χ2v) is 8.71. The zero-order chi connectivity index (χ0) is 23.3. The van der Waals surface area contributed by atoms with Gasteiger partial charge in [-0.3, -0.25) is 14.2 Å². The molecule has 9 heteroatoms. The summed E-state index contributed by atoms with van der Waals surface area (Å²) in [5, 5.41) is 13.9. The van der Waals surface area contributed by atoms with Crippen LogP contribution in [0.4, 0.5) is 0 Å². The first-order chi connectivity index (χ1) is 16.7. The summed E-state index contributed by atoms with van der Waals surface area (Å²) in [5.41, 5.74) is 3.16. The Morgan fingerprint density at radius 3 is 2.56 bits per heavy atom. The number of ether oxygens (including phenoxy) is 1. The lowest BCUT2D eigenvalue weighted by atomic mass is 10.0. The highest BCUT2D eigenvalue weighted by molar-refractivity contribution is 7.16. The van der Waals surface area contributed by atoms with Crippen LogP contribution in [0.3, 0.4) is 0 Å². The molecule has 8 nitrogen and oxygen atoms in total. The molecule has 0 fully saturated rings. The highest BCUT2D eigenvalue weighted by Gasteiger charge is 2.13. The van der Waals surface area contributed by atoms with Crippen molar-refractivity contribution >= 4 is 27.3 Å². The van der Waals surface area contributed by atoms with Gasteiger partial charge in [0.25, 0.3) is 0 Å². The number of H-pyrrole nitrogens is 1. The van der Waals surface area contributed by atoms with Gasteiger partial charge in [-0.05, 0) is 42.3 Å². The van der Waals surface area contributed by atoms with Crippen LogP contribution in [-0.4, -0.2) is 37.6 Å². The maximum absolute atomic E-state index is 12.7. The Balaban J connectivity index is 1.21. The Kier molecular flexibility index (Phi) is 6.26. The second-order valence-electron chi connectivity index (χ2n) is 7.72. The Hall–Kier alpha value is -4.11. The number of fused-ring (bicyclic) bond motifs is 1. The summed E-state index contributed by atoms with van der Waals surface area (Å²) in [6.07, 6.45) is 1.52. The zero-order valence-corrected chi connectivity index (χ0v) is 19.0. The average molecular weight is 472 g/mol. The van der Waals surface area contributed by atoms with E-state index in [9.17, 15) is 9.59 Å². The van der Waals surface area contributed by atoms with Crippen molar-refractivity contribution in [1.82, 2.24) is 25.2 Å². The Morgan fingerprint density at radius 2 is 1.79 bits per heavy atom. The van der Waals surface area contributed by atoms with Crippen molar-refractivity contribution in [1.29, 1.82) is 0 Å². The summed E-state index contributed by atoms with van der Waals surface area (Å²) in [6, 6.07) is 22.4. The molecule has 3 aromatic carbocycles. The van der Waals surface area contributed by atoms with Crippen molar-refractivity contribution in [3.05, 3.63) is 105 Å². The van der Waals surface area contributed by atoms with Crippen LogP contribution in [0.15, 0.2) is 77.6 Å². The number of aromatic nitrogens is 5. The number of thiazole rings is 1. The minimum Gasteiger partial charge on any atom is -0.492 e. The largest absolute Gasteiger partial charge is 0.492 e. The number of hydrogen-bond donors (Lipinski definition) is 1. The second kappa shape index (κ2) is 9.80. The molecule has 0 radical (unpaired) electrons. The highest BCUT2D eigenvalue weighted by atomic mass is 32.1. The number of nitrogens with zero attached hydrogens (tertiary/aromatic N) is 4. The standard InChI is InChI=1S/C25H21N5O3S/c31-24(18-4-2-1-3-5-18)19-9-12-21-22(16-19)34-25(32)30(21)14-15-33-20-10-6-17(7-11-20)8-13-23-26-28-29-27-23/h1-7,9-12,16H,8,13-15H2,(H,26,27,28,29). The Labute approximate surface area is 198 Å². The summed E-state index contributed by atoms with van der Waals surface area (Å²) in [5.74, 6) is 1.37. The van der Waals surface area contributed by atoms with Crippen LogP contribution >= 0.6 is 11.3 Å². The zero-order valence-electron chi connectivity index (χ0n) is 18.2. The number of ketones is 1. The van der Waals surface area contributed by atoms with Gasteiger partial charge in [0.15, 0.2) is 11.6 Å². The minimum absolute atomic E-state index is 0.0565. The van der Waals surface area contributed by atoms with E-state index in [-0.39, 0.29) is 10.7 Å². The fourth-order valence-corrected chi connectivity index (χ4v) is 4.68. The molecule has 5 rings (SSSR count). The normalized spacial score (nSPS) is 11.1. The van der Waals surface area contributed by atoms with Crippen LogP contribution < -0.4 is 9.61 Å². The van der Waals surface area contributed by atoms with E-state index in [0.29, 0.717) is 36.5 Å². The fraction of sp³-hybridized carbons (Fsp3) is 0.160. The molecule has 2 aromatic heterocycles. The molecule has 0 aliphatic carbocycles. The maximum atomic E-state index is 12.7. The van der Waals surface area contributed by atoms with Crippen molar-refractivity contribution < 1.29 is 9.53 Å². The van der Waals surface area contributed by atoms with Gasteiger partial charge in [0.1, 0.15) is 12.4 Å². The molecule has 0 spiro atoms. The summed E-state index contributed by atoms with van der Waals surface area (Å²) >= 11 is 1.14. The van der Waals surface area contributed by atoms with Gasteiger partial charge in [0.05, 0.1) is 16.8 Å². The number of benzene rings is 3. The number of hydrogen-bond acceptors (Lipinski definition) is 7. The third-order valence-corrected chi connectivity index (χ3v) is 6.44. The molecule has 5 aromatic rings. The molecule has 0 aliphatic heterocycles. The smallest absolute Gasteiger partial charge is 0.308 e. The van der Waals surface area contributed by atoms with Gasteiger partial charge in [-0.15, -0.1) is 10.2 Å². The summed E-state index contributed by atoms with van der Waals surface area (Å²) in [4.78, 5) is 25.2. The number of aromatic amines is 1. The molecular formula is C25H21N5O3S. The molecule has 0 atom stereocenters. The Morgan fingerprint density at radius 1 is 0.971 bits per heavy atom. The van der Waals surface area contributed by atoms with Gasteiger partial charge in [-0.2, -0.15) is 5.21 Å².